The van der Waals surface area contributed by atoms with E-state index in [-0.39, 0.29) is 16.1 Å². The second kappa shape index (κ2) is 19.1. The number of carbonyl (C=O) groups excluding carboxylic acids is 2. The predicted octanol–water partition coefficient (Wildman–Crippen LogP) is 10.00. The topological polar surface area (TPSA) is 58.5 Å². The molecule has 0 spiro atoms. The summed E-state index contributed by atoms with van der Waals surface area (Å²) in [7, 11) is 0. The maximum Gasteiger partial charge on any atom is 0.133 e. The molecule has 4 heteroatoms. The predicted molar refractivity (Wildman–Crippen MR) is 186 cm³/mol. The van der Waals surface area contributed by atoms with Crippen LogP contribution in [0.25, 0.3) is 0 Å². The monoisotopic (exact) mass is 583 g/mol. The highest BCUT2D eigenvalue weighted by atomic mass is 16.1. The molecule has 3 aliphatic rings. The number of benzene rings is 1. The van der Waals surface area contributed by atoms with Crippen LogP contribution in [0.2, 0.25) is 0 Å². The summed E-state index contributed by atoms with van der Waals surface area (Å²) in [6.07, 6.45) is 16.3. The first-order chi connectivity index (χ1) is 19.4. The zero-order chi connectivity index (χ0) is 30.4. The summed E-state index contributed by atoms with van der Waals surface area (Å²) in [5.41, 5.74) is 5.93. The molecule has 1 N–H and O–H groups in total. The Bertz CT molecular complexity index is 1060. The lowest BCUT2D eigenvalue weighted by Crippen LogP contribution is -2.32. The van der Waals surface area contributed by atoms with Gasteiger partial charge in [0.1, 0.15) is 11.6 Å². The molecule has 1 saturated heterocycles. The van der Waals surface area contributed by atoms with Gasteiger partial charge < -0.3 is 10.1 Å². The Labute approximate surface area is 261 Å². The van der Waals surface area contributed by atoms with E-state index in [9.17, 15) is 9.59 Å². The Balaban J connectivity index is 0. The second-order valence-electron chi connectivity index (χ2n) is 13.5. The molecule has 0 amide bonds. The summed E-state index contributed by atoms with van der Waals surface area (Å²) >= 11 is 0. The number of nitrogens with zero attached hydrogens (tertiary/aromatic N) is 1. The highest BCUT2D eigenvalue weighted by molar-refractivity contribution is 5.79. The number of aryl methyl sites for hydroxylation is 2. The molecule has 1 aromatic rings. The minimum Gasteiger partial charge on any atom is -0.317 e. The molecule has 0 aromatic heterocycles. The van der Waals surface area contributed by atoms with Gasteiger partial charge in [-0.25, -0.2) is 0 Å². The molecule has 42 heavy (non-hydrogen) atoms. The number of nitrogens with one attached hydrogen (secondary N) is 1. The van der Waals surface area contributed by atoms with Crippen molar-refractivity contribution in [3.8, 4) is 0 Å². The third kappa shape index (κ3) is 13.3. The van der Waals surface area contributed by atoms with E-state index in [1.165, 1.54) is 81.4 Å². The number of hydrogen-bond donors (Lipinski definition) is 1. The van der Waals surface area contributed by atoms with E-state index in [1.807, 2.05) is 0 Å². The minimum atomic E-state index is 0. The molecule has 0 bridgehead atoms. The molecular weight excluding hydrogens is 516 g/mol. The van der Waals surface area contributed by atoms with Gasteiger partial charge in [-0.1, -0.05) is 78.0 Å². The SMILES string of the molecule is C.C/C=C\C1=C(C2CCC[C@@H](CC(=O)CCc3ccccc3C)C2)N=CC(C)C1C.CC(C)=O.CC1(C)CCNCC1.[HH].[HH]. The van der Waals surface area contributed by atoms with Crippen LogP contribution in [0.4, 0.5) is 0 Å². The van der Waals surface area contributed by atoms with Gasteiger partial charge in [0.2, 0.25) is 0 Å². The van der Waals surface area contributed by atoms with E-state index >= 15 is 0 Å². The highest BCUT2D eigenvalue weighted by Crippen LogP contribution is 2.41. The van der Waals surface area contributed by atoms with Crippen LogP contribution in [0.1, 0.15) is 121 Å². The Morgan fingerprint density at radius 3 is 2.31 bits per heavy atom. The standard InChI is InChI=1S/C27H37NO.C7H15N.C3H6O.CH4.2H2/c1-5-9-26-21(4)20(3)18-28-27(26)24-13-8-11-22(16-24)17-25(29)15-14-23-12-7-6-10-19(23)2;1-7(2)3-5-8-6-4-7;1-3(2)4;;;/h5-7,9-10,12,18,20-22,24H,8,11,13-17H2,1-4H3;8H,3-6H2,1-2H3;1-2H3;1H4;2*1H/b9-5-;;;;;/t20?,21?,22-,24?;;;;;/m1...../s1. The van der Waals surface area contributed by atoms with Crippen molar-refractivity contribution in [3.63, 3.8) is 0 Å². The van der Waals surface area contributed by atoms with Crippen molar-refractivity contribution >= 4 is 17.8 Å². The molecule has 1 aromatic carbocycles. The zero-order valence-electron chi connectivity index (χ0n) is 27.4. The average molecular weight is 583 g/mol. The number of allylic oxidation sites excluding steroid dienone is 4. The Morgan fingerprint density at radius 1 is 1.10 bits per heavy atom. The summed E-state index contributed by atoms with van der Waals surface area (Å²) in [5, 5.41) is 3.34. The van der Waals surface area contributed by atoms with E-state index in [2.05, 4.69) is 89.5 Å². The van der Waals surface area contributed by atoms with Crippen LogP contribution in [-0.4, -0.2) is 30.9 Å². The van der Waals surface area contributed by atoms with Crippen LogP contribution in [-0.2, 0) is 16.0 Å². The first-order valence-electron chi connectivity index (χ1n) is 16.1. The van der Waals surface area contributed by atoms with Gasteiger partial charge in [-0.3, -0.25) is 9.79 Å². The smallest absolute Gasteiger partial charge is 0.133 e. The highest BCUT2D eigenvalue weighted by Gasteiger charge is 2.31. The molecule has 3 unspecified atom stereocenters. The largest absolute Gasteiger partial charge is 0.317 e. The van der Waals surface area contributed by atoms with Crippen LogP contribution < -0.4 is 5.32 Å². The molecule has 2 heterocycles. The Morgan fingerprint density at radius 2 is 1.74 bits per heavy atom. The Hall–Kier alpha value is -2.33. The lowest BCUT2D eigenvalue weighted by molar-refractivity contribution is -0.120. The van der Waals surface area contributed by atoms with Crippen LogP contribution in [0.15, 0.2) is 52.7 Å². The molecule has 4 rings (SSSR count). The van der Waals surface area contributed by atoms with Gasteiger partial charge in [0.05, 0.1) is 0 Å². The summed E-state index contributed by atoms with van der Waals surface area (Å²) in [6.45, 7) is 19.0. The first kappa shape index (κ1) is 37.7. The van der Waals surface area contributed by atoms with Gasteiger partial charge in [0.25, 0.3) is 0 Å². The van der Waals surface area contributed by atoms with Crippen molar-refractivity contribution in [1.82, 2.24) is 5.32 Å². The molecule has 1 saturated carbocycles. The third-order valence-electron chi connectivity index (χ3n) is 8.95. The maximum atomic E-state index is 12.7. The Kier molecular flexibility index (Phi) is 17.1. The van der Waals surface area contributed by atoms with Crippen molar-refractivity contribution in [2.75, 3.05) is 13.1 Å². The third-order valence-corrected chi connectivity index (χ3v) is 8.95. The van der Waals surface area contributed by atoms with E-state index in [0.29, 0.717) is 41.3 Å². The van der Waals surface area contributed by atoms with E-state index in [0.717, 1.165) is 19.3 Å². The molecule has 1 aliphatic carbocycles. The van der Waals surface area contributed by atoms with Gasteiger partial charge in [0, 0.05) is 33.5 Å². The summed E-state index contributed by atoms with van der Waals surface area (Å²) in [6, 6.07) is 8.42. The summed E-state index contributed by atoms with van der Waals surface area (Å²) in [5.74, 6) is 2.63. The number of carbonyl (C=O) groups is 2. The fourth-order valence-corrected chi connectivity index (χ4v) is 6.09. The van der Waals surface area contributed by atoms with Gasteiger partial charge in [-0.05, 0) is 119 Å². The quantitative estimate of drug-likeness (QED) is 0.348. The maximum absolute atomic E-state index is 12.7. The molecule has 240 valence electrons. The molecule has 4 atom stereocenters. The number of hydrogen-bond acceptors (Lipinski definition) is 4. The zero-order valence-corrected chi connectivity index (χ0v) is 27.4. The molecule has 2 fully saturated rings. The molecule has 2 aliphatic heterocycles. The number of piperidine rings is 1. The number of aliphatic imine (C=N–C) groups is 1. The molecule has 0 radical (unpaired) electrons. The minimum absolute atomic E-state index is 0. The van der Waals surface area contributed by atoms with Crippen molar-refractivity contribution in [1.29, 1.82) is 0 Å². The van der Waals surface area contributed by atoms with Crippen molar-refractivity contribution in [2.45, 2.75) is 121 Å². The van der Waals surface area contributed by atoms with Crippen LogP contribution in [0, 0.1) is 36.0 Å². The molecule has 4 nitrogen and oxygen atoms in total. The number of Topliss-reactive ketones (excluding diaryl/α,β-unsaturated/α-hetero) is 2. The van der Waals surface area contributed by atoms with E-state index < -0.39 is 0 Å². The summed E-state index contributed by atoms with van der Waals surface area (Å²) < 4.78 is 0. The fourth-order valence-electron chi connectivity index (χ4n) is 6.09. The number of rotatable bonds is 7. The van der Waals surface area contributed by atoms with Gasteiger partial charge >= 0.3 is 0 Å². The van der Waals surface area contributed by atoms with Crippen molar-refractivity contribution < 1.29 is 12.4 Å². The fraction of sp³-hybridized carbons (Fsp3) is 0.658. The molecular formula is C38H66N2O2. The van der Waals surface area contributed by atoms with Crippen LogP contribution in [0.3, 0.4) is 0 Å². The van der Waals surface area contributed by atoms with Crippen molar-refractivity contribution in [3.05, 3.63) is 58.8 Å². The van der Waals surface area contributed by atoms with E-state index in [1.54, 1.807) is 0 Å². The summed E-state index contributed by atoms with van der Waals surface area (Å²) in [4.78, 5) is 27.0. The lowest BCUT2D eigenvalue weighted by Gasteiger charge is -2.33. The van der Waals surface area contributed by atoms with Gasteiger partial charge in [0.15, 0.2) is 0 Å². The van der Waals surface area contributed by atoms with Crippen molar-refractivity contribution in [2.24, 2.45) is 34.1 Å². The normalized spacial score (nSPS) is 25.0. The lowest BCUT2D eigenvalue weighted by atomic mass is 9.74. The van der Waals surface area contributed by atoms with Gasteiger partial charge in [-0.2, -0.15) is 0 Å². The van der Waals surface area contributed by atoms with Gasteiger partial charge in [-0.15, -0.1) is 0 Å². The first-order valence-corrected chi connectivity index (χ1v) is 16.1. The van der Waals surface area contributed by atoms with Crippen LogP contribution in [0.5, 0.6) is 0 Å². The number of ketones is 2. The van der Waals surface area contributed by atoms with E-state index in [4.69, 9.17) is 4.99 Å². The average Bonchev–Trinajstić information content (AvgIpc) is 2.91. The van der Waals surface area contributed by atoms with Crippen LogP contribution >= 0.6 is 0 Å². The second-order valence-corrected chi connectivity index (χ2v) is 13.5.